The fourth-order valence-corrected chi connectivity index (χ4v) is 2.65. The molecule has 0 atom stereocenters. The number of hydrogen-bond acceptors (Lipinski definition) is 3. The first-order valence-electron chi connectivity index (χ1n) is 5.93. The first kappa shape index (κ1) is 12.2. The number of aromatic nitrogens is 3. The Morgan fingerprint density at radius 2 is 2.05 bits per heavy atom. The van der Waals surface area contributed by atoms with E-state index in [0.29, 0.717) is 5.82 Å². The first-order valence-corrected chi connectivity index (χ1v) is 6.72. The van der Waals surface area contributed by atoms with Gasteiger partial charge in [-0.1, -0.05) is 0 Å². The second-order valence-electron chi connectivity index (χ2n) is 4.57. The lowest BCUT2D eigenvalue weighted by Gasteiger charge is -2.01. The summed E-state index contributed by atoms with van der Waals surface area (Å²) in [6.07, 6.45) is 3.73. The van der Waals surface area contributed by atoms with Crippen molar-refractivity contribution in [1.82, 2.24) is 14.4 Å². The van der Waals surface area contributed by atoms with Crippen molar-refractivity contribution in [3.63, 3.8) is 0 Å². The molecule has 0 saturated heterocycles. The molecule has 0 unspecified atom stereocenters. The zero-order valence-electron chi connectivity index (χ0n) is 10.7. The van der Waals surface area contributed by atoms with E-state index in [2.05, 4.69) is 25.9 Å². The van der Waals surface area contributed by atoms with Crippen molar-refractivity contribution in [3.8, 4) is 11.3 Å². The summed E-state index contributed by atoms with van der Waals surface area (Å²) >= 11 is 3.48. The minimum atomic E-state index is 0.630. The molecule has 2 N–H and O–H groups in total. The summed E-state index contributed by atoms with van der Waals surface area (Å²) in [5, 5.41) is 0. The van der Waals surface area contributed by atoms with Gasteiger partial charge in [-0.25, -0.2) is 4.98 Å². The lowest BCUT2D eigenvalue weighted by atomic mass is 10.2. The Balaban J connectivity index is 2.28. The predicted molar refractivity (Wildman–Crippen MR) is 80.0 cm³/mol. The molecule has 0 fully saturated rings. The molecular weight excluding hydrogens is 304 g/mol. The molecule has 0 bridgehead atoms. The van der Waals surface area contributed by atoms with Crippen LogP contribution in [0.4, 0.5) is 5.82 Å². The van der Waals surface area contributed by atoms with Crippen LogP contribution in [-0.2, 0) is 0 Å². The molecule has 3 rings (SSSR count). The van der Waals surface area contributed by atoms with Gasteiger partial charge in [0.05, 0.1) is 0 Å². The van der Waals surface area contributed by atoms with E-state index in [-0.39, 0.29) is 0 Å². The van der Waals surface area contributed by atoms with Crippen LogP contribution in [0.3, 0.4) is 0 Å². The predicted octanol–water partition coefficient (Wildman–Crippen LogP) is 3.36. The van der Waals surface area contributed by atoms with E-state index in [1.54, 1.807) is 6.20 Å². The molecule has 96 valence electrons. The van der Waals surface area contributed by atoms with Crippen LogP contribution in [0.2, 0.25) is 0 Å². The van der Waals surface area contributed by atoms with Crippen molar-refractivity contribution in [1.29, 1.82) is 0 Å². The molecule has 0 amide bonds. The van der Waals surface area contributed by atoms with Crippen LogP contribution in [0.15, 0.2) is 35.1 Å². The van der Waals surface area contributed by atoms with Crippen LogP contribution in [-0.4, -0.2) is 14.4 Å². The van der Waals surface area contributed by atoms with E-state index in [1.807, 2.05) is 42.6 Å². The Kier molecular flexibility index (Phi) is 2.78. The molecule has 0 aromatic carbocycles. The van der Waals surface area contributed by atoms with Crippen LogP contribution in [0.1, 0.15) is 11.3 Å². The molecule has 19 heavy (non-hydrogen) atoms. The van der Waals surface area contributed by atoms with Crippen molar-refractivity contribution in [2.45, 2.75) is 13.8 Å². The van der Waals surface area contributed by atoms with E-state index >= 15 is 0 Å². The zero-order valence-corrected chi connectivity index (χ0v) is 12.3. The molecule has 3 heterocycles. The van der Waals surface area contributed by atoms with E-state index in [0.717, 1.165) is 32.6 Å². The summed E-state index contributed by atoms with van der Waals surface area (Å²) in [4.78, 5) is 8.92. The topological polar surface area (TPSA) is 56.2 Å². The second-order valence-corrected chi connectivity index (χ2v) is 5.48. The van der Waals surface area contributed by atoms with Gasteiger partial charge in [-0.15, -0.1) is 0 Å². The smallest absolute Gasteiger partial charge is 0.142 e. The van der Waals surface area contributed by atoms with Gasteiger partial charge >= 0.3 is 0 Å². The quantitative estimate of drug-likeness (QED) is 0.749. The van der Waals surface area contributed by atoms with Gasteiger partial charge in [0.25, 0.3) is 0 Å². The van der Waals surface area contributed by atoms with Gasteiger partial charge in [-0.3, -0.25) is 9.38 Å². The number of imidazole rings is 1. The summed E-state index contributed by atoms with van der Waals surface area (Å²) < 4.78 is 2.88. The summed E-state index contributed by atoms with van der Waals surface area (Å²) in [5.74, 6) is 0.630. The van der Waals surface area contributed by atoms with Crippen molar-refractivity contribution in [3.05, 3.63) is 46.3 Å². The van der Waals surface area contributed by atoms with Gasteiger partial charge < -0.3 is 5.73 Å². The Morgan fingerprint density at radius 1 is 1.26 bits per heavy atom. The van der Waals surface area contributed by atoms with Gasteiger partial charge in [0.2, 0.25) is 0 Å². The summed E-state index contributed by atoms with van der Waals surface area (Å²) in [7, 11) is 0. The highest BCUT2D eigenvalue weighted by Gasteiger charge is 2.13. The number of fused-ring (bicyclic) bond motifs is 1. The van der Waals surface area contributed by atoms with Crippen molar-refractivity contribution in [2.75, 3.05) is 5.73 Å². The van der Waals surface area contributed by atoms with Gasteiger partial charge in [0, 0.05) is 28.1 Å². The van der Waals surface area contributed by atoms with Gasteiger partial charge in [0.15, 0.2) is 0 Å². The van der Waals surface area contributed by atoms with Crippen molar-refractivity contribution >= 4 is 27.4 Å². The van der Waals surface area contributed by atoms with Gasteiger partial charge in [0.1, 0.15) is 17.2 Å². The SMILES string of the molecule is Cc1ccc(-c2nc3c(C)cc(Br)cn3c2N)cn1. The summed E-state index contributed by atoms with van der Waals surface area (Å²) in [5.41, 5.74) is 10.8. The molecule has 0 radical (unpaired) electrons. The summed E-state index contributed by atoms with van der Waals surface area (Å²) in [6, 6.07) is 5.98. The highest BCUT2D eigenvalue weighted by Crippen LogP contribution is 2.28. The molecule has 0 aliphatic heterocycles. The Bertz CT molecular complexity index is 759. The third-order valence-electron chi connectivity index (χ3n) is 3.09. The van der Waals surface area contributed by atoms with Crippen LogP contribution < -0.4 is 5.73 Å². The van der Waals surface area contributed by atoms with E-state index in [4.69, 9.17) is 5.73 Å². The number of nitrogens with two attached hydrogens (primary N) is 1. The van der Waals surface area contributed by atoms with E-state index in [9.17, 15) is 0 Å². The van der Waals surface area contributed by atoms with Crippen molar-refractivity contribution < 1.29 is 0 Å². The Hall–Kier alpha value is -1.88. The zero-order chi connectivity index (χ0) is 13.6. The average Bonchev–Trinajstić information content (AvgIpc) is 2.69. The average molecular weight is 317 g/mol. The largest absolute Gasteiger partial charge is 0.383 e. The molecular formula is C14H13BrN4. The molecule has 0 aliphatic carbocycles. The maximum absolute atomic E-state index is 6.20. The number of rotatable bonds is 1. The number of nitrogens with zero attached hydrogens (tertiary/aromatic N) is 3. The highest BCUT2D eigenvalue weighted by molar-refractivity contribution is 9.10. The van der Waals surface area contributed by atoms with Gasteiger partial charge in [-0.2, -0.15) is 0 Å². The fourth-order valence-electron chi connectivity index (χ4n) is 2.11. The molecule has 5 heteroatoms. The first-order chi connectivity index (χ1) is 9.06. The number of halogens is 1. The molecule has 4 nitrogen and oxygen atoms in total. The minimum absolute atomic E-state index is 0.630. The molecule has 0 saturated carbocycles. The third kappa shape index (κ3) is 2.00. The number of aryl methyl sites for hydroxylation is 2. The standard InChI is InChI=1S/C14H13BrN4/c1-8-5-11(15)7-19-13(16)12(18-14(8)19)10-4-3-9(2)17-6-10/h3-7H,16H2,1-2H3. The van der Waals surface area contributed by atoms with Crippen molar-refractivity contribution in [2.24, 2.45) is 0 Å². The number of pyridine rings is 2. The monoisotopic (exact) mass is 316 g/mol. The molecule has 3 aromatic heterocycles. The van der Waals surface area contributed by atoms with Crippen LogP contribution in [0, 0.1) is 13.8 Å². The molecule has 0 spiro atoms. The van der Waals surface area contributed by atoms with Crippen LogP contribution in [0.5, 0.6) is 0 Å². The van der Waals surface area contributed by atoms with Gasteiger partial charge in [-0.05, 0) is 53.5 Å². The highest BCUT2D eigenvalue weighted by atomic mass is 79.9. The molecule has 0 aliphatic rings. The number of anilines is 1. The van der Waals surface area contributed by atoms with Crippen LogP contribution >= 0.6 is 15.9 Å². The van der Waals surface area contributed by atoms with Crippen LogP contribution in [0.25, 0.3) is 16.9 Å². The number of nitrogen functional groups attached to an aromatic ring is 1. The molecule has 3 aromatic rings. The third-order valence-corrected chi connectivity index (χ3v) is 3.53. The normalized spacial score (nSPS) is 11.1. The maximum atomic E-state index is 6.20. The fraction of sp³-hybridized carbons (Fsp3) is 0.143. The maximum Gasteiger partial charge on any atom is 0.142 e. The Labute approximate surface area is 119 Å². The van der Waals surface area contributed by atoms with E-state index < -0.39 is 0 Å². The van der Waals surface area contributed by atoms with E-state index in [1.165, 1.54) is 0 Å². The Morgan fingerprint density at radius 3 is 2.74 bits per heavy atom. The minimum Gasteiger partial charge on any atom is -0.383 e. The second kappa shape index (κ2) is 4.35. The summed E-state index contributed by atoms with van der Waals surface area (Å²) in [6.45, 7) is 3.97. The lowest BCUT2D eigenvalue weighted by molar-refractivity contribution is 1.16. The lowest BCUT2D eigenvalue weighted by Crippen LogP contribution is -1.95. The number of hydrogen-bond donors (Lipinski definition) is 1.